The van der Waals surface area contributed by atoms with E-state index in [0.717, 1.165) is 32.1 Å². The highest BCUT2D eigenvalue weighted by molar-refractivity contribution is 5.47. The van der Waals surface area contributed by atoms with Crippen LogP contribution in [0.5, 0.6) is 0 Å². The summed E-state index contributed by atoms with van der Waals surface area (Å²) in [5.41, 5.74) is 1.34. The number of hydrogen-bond donors (Lipinski definition) is 1. The Morgan fingerprint density at radius 3 is 2.52 bits per heavy atom. The van der Waals surface area contributed by atoms with Gasteiger partial charge in [0.25, 0.3) is 0 Å². The van der Waals surface area contributed by atoms with Crippen molar-refractivity contribution >= 4 is 5.69 Å². The first-order valence-corrected chi connectivity index (χ1v) is 11.3. The molecule has 0 spiro atoms. The average molecular weight is 405 g/mol. The Morgan fingerprint density at radius 2 is 1.90 bits per heavy atom. The minimum Gasteiger partial charge on any atom is -0.392 e. The van der Waals surface area contributed by atoms with Gasteiger partial charge < -0.3 is 14.7 Å². The first-order valence-electron chi connectivity index (χ1n) is 11.3. The maximum absolute atomic E-state index is 14.0. The Bertz CT molecular complexity index is 704. The van der Waals surface area contributed by atoms with Crippen molar-refractivity contribution in [2.75, 3.05) is 44.2 Å². The first kappa shape index (κ1) is 21.1. The molecule has 29 heavy (non-hydrogen) atoms. The number of anilines is 1. The molecule has 4 rings (SSSR count). The Kier molecular flexibility index (Phi) is 5.93. The lowest BCUT2D eigenvalue weighted by Gasteiger charge is -2.39. The molecule has 0 aromatic heterocycles. The van der Waals surface area contributed by atoms with Gasteiger partial charge in [0.05, 0.1) is 17.9 Å². The van der Waals surface area contributed by atoms with Crippen molar-refractivity contribution in [3.8, 4) is 0 Å². The van der Waals surface area contributed by atoms with Gasteiger partial charge in [0.15, 0.2) is 0 Å². The summed E-state index contributed by atoms with van der Waals surface area (Å²) < 4.78 is 20.3. The van der Waals surface area contributed by atoms with Crippen LogP contribution in [-0.4, -0.2) is 61.5 Å². The van der Waals surface area contributed by atoms with E-state index in [9.17, 15) is 9.50 Å². The predicted molar refractivity (Wildman–Crippen MR) is 115 cm³/mol. The minimum atomic E-state index is -0.366. The molecule has 5 heteroatoms. The molecule has 3 aliphatic rings. The third-order valence-electron chi connectivity index (χ3n) is 8.52. The number of ether oxygens (including phenoxy) is 1. The van der Waals surface area contributed by atoms with E-state index in [-0.39, 0.29) is 17.3 Å². The van der Waals surface area contributed by atoms with Crippen LogP contribution in [0.4, 0.5) is 10.1 Å². The van der Waals surface area contributed by atoms with Crippen LogP contribution in [0.15, 0.2) is 24.3 Å². The molecule has 1 aliphatic heterocycles. The van der Waals surface area contributed by atoms with Gasteiger partial charge in [-0.1, -0.05) is 32.9 Å². The monoisotopic (exact) mass is 404 g/mol. The van der Waals surface area contributed by atoms with Crippen LogP contribution in [0.2, 0.25) is 0 Å². The molecule has 1 N–H and O–H groups in total. The molecule has 162 valence electrons. The van der Waals surface area contributed by atoms with Crippen LogP contribution in [-0.2, 0) is 4.74 Å². The zero-order chi connectivity index (χ0) is 20.6. The SMILES string of the molecule is CC1(C)[C@H]2CC[C@]1(C)[C@H](OCC[C@H](O)CN1CCN(c3ccccc3F)CC1)C2. The number of rotatable bonds is 7. The largest absolute Gasteiger partial charge is 0.392 e. The molecule has 4 nitrogen and oxygen atoms in total. The Morgan fingerprint density at radius 1 is 1.17 bits per heavy atom. The Labute approximate surface area is 175 Å². The van der Waals surface area contributed by atoms with E-state index in [1.807, 2.05) is 12.1 Å². The van der Waals surface area contributed by atoms with Crippen molar-refractivity contribution in [2.24, 2.45) is 16.7 Å². The lowest BCUT2D eigenvalue weighted by molar-refractivity contribution is -0.0564. The number of piperazine rings is 1. The summed E-state index contributed by atoms with van der Waals surface area (Å²) in [5.74, 6) is 0.629. The van der Waals surface area contributed by atoms with Gasteiger partial charge in [0, 0.05) is 39.3 Å². The smallest absolute Gasteiger partial charge is 0.146 e. The summed E-state index contributed by atoms with van der Waals surface area (Å²) in [4.78, 5) is 4.38. The summed E-state index contributed by atoms with van der Waals surface area (Å²) in [5, 5.41) is 10.5. The fourth-order valence-electron chi connectivity index (χ4n) is 6.00. The molecule has 1 saturated heterocycles. The molecule has 1 aromatic carbocycles. The number of nitrogens with zero attached hydrogens (tertiary/aromatic N) is 2. The molecule has 4 atom stereocenters. The number of benzene rings is 1. The van der Waals surface area contributed by atoms with Crippen LogP contribution in [0.3, 0.4) is 0 Å². The summed E-state index contributed by atoms with van der Waals surface area (Å²) in [7, 11) is 0. The van der Waals surface area contributed by atoms with Gasteiger partial charge in [0.1, 0.15) is 5.82 Å². The highest BCUT2D eigenvalue weighted by Gasteiger charge is 2.61. The van der Waals surface area contributed by atoms with Crippen molar-refractivity contribution in [2.45, 2.75) is 58.7 Å². The lowest BCUT2D eigenvalue weighted by Crippen LogP contribution is -2.49. The van der Waals surface area contributed by atoms with Gasteiger partial charge >= 0.3 is 0 Å². The zero-order valence-electron chi connectivity index (χ0n) is 18.2. The fourth-order valence-corrected chi connectivity index (χ4v) is 6.00. The van der Waals surface area contributed by atoms with Gasteiger partial charge in [-0.25, -0.2) is 4.39 Å². The number of aliphatic hydroxyl groups is 1. The van der Waals surface area contributed by atoms with Crippen LogP contribution < -0.4 is 4.90 Å². The molecular formula is C24H37FN2O2. The number of β-amino-alcohol motifs (C(OH)–C–C–N with tert-alkyl or cyclic N) is 1. The first-order chi connectivity index (χ1) is 13.8. The zero-order valence-corrected chi connectivity index (χ0v) is 18.2. The van der Waals surface area contributed by atoms with Gasteiger partial charge in [-0.15, -0.1) is 0 Å². The van der Waals surface area contributed by atoms with E-state index in [0.29, 0.717) is 36.8 Å². The molecule has 0 radical (unpaired) electrons. The second-order valence-electron chi connectivity index (χ2n) is 10.2. The quantitative estimate of drug-likeness (QED) is 0.747. The summed E-state index contributed by atoms with van der Waals surface area (Å²) in [6.07, 6.45) is 4.44. The minimum absolute atomic E-state index is 0.157. The van der Waals surface area contributed by atoms with Crippen molar-refractivity contribution in [3.05, 3.63) is 30.1 Å². The van der Waals surface area contributed by atoms with E-state index in [2.05, 4.69) is 30.6 Å². The molecule has 2 bridgehead atoms. The van der Waals surface area contributed by atoms with Crippen molar-refractivity contribution in [1.29, 1.82) is 0 Å². The second kappa shape index (κ2) is 8.16. The van der Waals surface area contributed by atoms with Crippen LogP contribution >= 0.6 is 0 Å². The molecule has 3 fully saturated rings. The molecule has 2 saturated carbocycles. The van der Waals surface area contributed by atoms with Gasteiger partial charge in [0.2, 0.25) is 0 Å². The van der Waals surface area contributed by atoms with Crippen LogP contribution in [0, 0.1) is 22.6 Å². The number of para-hydroxylation sites is 1. The second-order valence-corrected chi connectivity index (χ2v) is 10.2. The topological polar surface area (TPSA) is 35.9 Å². The number of aliphatic hydroxyl groups excluding tert-OH is 1. The molecule has 1 aromatic rings. The van der Waals surface area contributed by atoms with Crippen LogP contribution in [0.25, 0.3) is 0 Å². The van der Waals surface area contributed by atoms with Crippen molar-refractivity contribution in [3.63, 3.8) is 0 Å². The average Bonchev–Trinajstić information content (AvgIpc) is 3.03. The normalized spacial score (nSPS) is 32.7. The standard InChI is InChI=1S/C24H37FN2O2/c1-23(2)18-8-10-24(23,3)22(16-18)29-15-9-19(28)17-26-11-13-27(14-12-26)21-7-5-4-6-20(21)25/h4-7,18-19,22,28H,8-17H2,1-3H3/t18-,19-,22+,24+/m0/s1. The molecule has 2 aliphatic carbocycles. The summed E-state index contributed by atoms with van der Waals surface area (Å²) in [6, 6.07) is 6.97. The molecule has 0 amide bonds. The highest BCUT2D eigenvalue weighted by atomic mass is 19.1. The number of halogens is 1. The van der Waals surface area contributed by atoms with Gasteiger partial charge in [-0.05, 0) is 54.6 Å². The Hall–Kier alpha value is -1.17. The Balaban J connectivity index is 1.18. The predicted octanol–water partition coefficient (Wildman–Crippen LogP) is 3.93. The third-order valence-corrected chi connectivity index (χ3v) is 8.52. The van der Waals surface area contributed by atoms with Gasteiger partial charge in [-0.2, -0.15) is 0 Å². The van der Waals surface area contributed by atoms with Gasteiger partial charge in [-0.3, -0.25) is 4.90 Å². The van der Waals surface area contributed by atoms with Crippen molar-refractivity contribution < 1.29 is 14.2 Å². The maximum Gasteiger partial charge on any atom is 0.146 e. The van der Waals surface area contributed by atoms with Crippen molar-refractivity contribution in [1.82, 2.24) is 4.90 Å². The molecule has 1 heterocycles. The maximum atomic E-state index is 14.0. The van der Waals surface area contributed by atoms with E-state index in [1.54, 1.807) is 6.07 Å². The summed E-state index contributed by atoms with van der Waals surface area (Å²) >= 11 is 0. The summed E-state index contributed by atoms with van der Waals surface area (Å²) in [6.45, 7) is 11.8. The third kappa shape index (κ3) is 3.94. The van der Waals surface area contributed by atoms with E-state index in [1.165, 1.54) is 25.3 Å². The number of fused-ring (bicyclic) bond motifs is 2. The lowest BCUT2D eigenvalue weighted by atomic mass is 9.70. The van der Waals surface area contributed by atoms with E-state index < -0.39 is 0 Å². The molecular weight excluding hydrogens is 367 g/mol. The fraction of sp³-hybridized carbons (Fsp3) is 0.750. The highest BCUT2D eigenvalue weighted by Crippen LogP contribution is 2.66. The van der Waals surface area contributed by atoms with E-state index >= 15 is 0 Å². The number of hydrogen-bond acceptors (Lipinski definition) is 4. The molecule has 0 unspecified atom stereocenters. The van der Waals surface area contributed by atoms with Crippen LogP contribution in [0.1, 0.15) is 46.5 Å². The van der Waals surface area contributed by atoms with E-state index in [4.69, 9.17) is 4.74 Å².